The molecule has 6 heteroatoms. The summed E-state index contributed by atoms with van der Waals surface area (Å²) in [7, 11) is -1.85. The number of nitrogens with zero attached hydrogens (tertiary/aromatic N) is 2. The molecule has 2 aromatic rings. The topological polar surface area (TPSA) is 65.1 Å². The second-order valence-corrected chi connectivity index (χ2v) is 14.8. The average molecular weight is 415 g/mol. The first kappa shape index (κ1) is 23.1. The zero-order valence-corrected chi connectivity index (χ0v) is 19.7. The van der Waals surface area contributed by atoms with Crippen molar-refractivity contribution in [1.29, 1.82) is 0 Å². The van der Waals surface area contributed by atoms with Gasteiger partial charge in [-0.3, -0.25) is 14.9 Å². The van der Waals surface area contributed by atoms with Gasteiger partial charge in [-0.1, -0.05) is 53.7 Å². The fourth-order valence-corrected chi connectivity index (χ4v) is 11.8. The van der Waals surface area contributed by atoms with Crippen molar-refractivity contribution < 1.29 is 9.72 Å². The third kappa shape index (κ3) is 4.52. The van der Waals surface area contributed by atoms with E-state index in [9.17, 15) is 14.9 Å². The van der Waals surface area contributed by atoms with Gasteiger partial charge in [-0.2, -0.15) is 0 Å². The quantitative estimate of drug-likeness (QED) is 0.266. The Morgan fingerprint density at radius 2 is 1.48 bits per heavy atom. The average Bonchev–Trinajstić information content (AvgIpc) is 3.09. The van der Waals surface area contributed by atoms with E-state index < -0.39 is 13.2 Å². The summed E-state index contributed by atoms with van der Waals surface area (Å²) in [5.74, 6) is 0.0222. The fourth-order valence-electron chi connectivity index (χ4n) is 5.30. The number of hydrogen-bond acceptors (Lipinski definition) is 3. The Bertz CT molecular complexity index is 831. The number of nitro groups is 1. The summed E-state index contributed by atoms with van der Waals surface area (Å²) >= 11 is 0. The van der Waals surface area contributed by atoms with Crippen LogP contribution in [0, 0.1) is 10.1 Å². The number of non-ortho nitro benzene ring substituents is 1. The number of rotatable bonds is 9. The molecular weight excluding hydrogens is 380 g/mol. The third-order valence-corrected chi connectivity index (χ3v) is 13.1. The maximum absolute atomic E-state index is 12.0. The molecule has 0 saturated carbocycles. The molecule has 1 heterocycles. The van der Waals surface area contributed by atoms with Crippen LogP contribution >= 0.6 is 0 Å². The first-order valence-corrected chi connectivity index (χ1v) is 12.6. The van der Waals surface area contributed by atoms with Crippen LogP contribution in [0.5, 0.6) is 0 Å². The summed E-state index contributed by atoms with van der Waals surface area (Å²) in [4.78, 5) is 22.6. The molecule has 5 nitrogen and oxygen atoms in total. The molecule has 0 aliphatic heterocycles. The summed E-state index contributed by atoms with van der Waals surface area (Å²) in [5.41, 5.74) is 3.84. The van der Waals surface area contributed by atoms with Crippen LogP contribution in [0.2, 0.25) is 16.6 Å². The molecule has 0 bridgehead atoms. The van der Waals surface area contributed by atoms with Crippen LogP contribution in [-0.2, 0) is 4.79 Å². The van der Waals surface area contributed by atoms with E-state index in [2.05, 4.69) is 64.2 Å². The summed E-state index contributed by atoms with van der Waals surface area (Å²) in [5, 5.41) is 11.0. The van der Waals surface area contributed by atoms with Crippen LogP contribution in [-0.4, -0.2) is 23.2 Å². The molecule has 1 aromatic heterocycles. The van der Waals surface area contributed by atoms with Gasteiger partial charge < -0.3 is 4.23 Å². The van der Waals surface area contributed by atoms with Crippen molar-refractivity contribution in [2.24, 2.45) is 0 Å². The van der Waals surface area contributed by atoms with E-state index in [-0.39, 0.29) is 17.4 Å². The standard InChI is InChI=1S/C23H34N2O3Si/c1-16(2)29(17(3)4,18(5)6)24-13-12-21(15-24)23(14-19(7)26)20-8-10-22(11-9-20)25(27)28/h8-13,15-18,23H,14H2,1-7H3. The SMILES string of the molecule is CC(=O)CC(c1ccc([N+](=O)[O-])cc1)c1ccn([Si](C(C)C)(C(C)C)C(C)C)c1. The van der Waals surface area contributed by atoms with Gasteiger partial charge in [0.25, 0.3) is 5.69 Å². The molecule has 1 aromatic carbocycles. The number of hydrogen-bond donors (Lipinski definition) is 0. The molecule has 1 atom stereocenters. The van der Waals surface area contributed by atoms with Crippen molar-refractivity contribution in [3.63, 3.8) is 0 Å². The molecule has 0 radical (unpaired) electrons. The zero-order chi connectivity index (χ0) is 21.9. The van der Waals surface area contributed by atoms with Crippen molar-refractivity contribution in [2.45, 2.75) is 77.4 Å². The third-order valence-electron chi connectivity index (χ3n) is 6.34. The minimum atomic E-state index is -1.85. The molecule has 0 fully saturated rings. The molecule has 0 N–H and O–H groups in total. The molecule has 0 saturated heterocycles. The van der Waals surface area contributed by atoms with Crippen LogP contribution < -0.4 is 0 Å². The Morgan fingerprint density at radius 1 is 0.966 bits per heavy atom. The van der Waals surface area contributed by atoms with Gasteiger partial charge in [0.05, 0.1) is 4.92 Å². The maximum Gasteiger partial charge on any atom is 0.269 e. The van der Waals surface area contributed by atoms with Gasteiger partial charge in [0.2, 0.25) is 0 Å². The Hall–Kier alpha value is -2.21. The van der Waals surface area contributed by atoms with Crippen LogP contribution in [0.4, 0.5) is 5.69 Å². The van der Waals surface area contributed by atoms with E-state index in [0.29, 0.717) is 23.0 Å². The van der Waals surface area contributed by atoms with Crippen molar-refractivity contribution in [3.8, 4) is 0 Å². The predicted molar refractivity (Wildman–Crippen MR) is 121 cm³/mol. The summed E-state index contributed by atoms with van der Waals surface area (Å²) in [6, 6.07) is 8.73. The van der Waals surface area contributed by atoms with Gasteiger partial charge in [-0.15, -0.1) is 0 Å². The lowest BCUT2D eigenvalue weighted by Crippen LogP contribution is -2.51. The molecular formula is C23H34N2O3Si. The first-order valence-electron chi connectivity index (χ1n) is 10.4. The highest BCUT2D eigenvalue weighted by molar-refractivity contribution is 6.82. The Labute approximate surface area is 175 Å². The number of Topliss-reactive ketones (excluding diaryl/α,β-unsaturated/α-hetero) is 1. The second-order valence-electron chi connectivity index (χ2n) is 9.01. The number of nitro benzene ring substituents is 1. The van der Waals surface area contributed by atoms with E-state index in [0.717, 1.165) is 11.1 Å². The Balaban J connectivity index is 2.53. The second kappa shape index (κ2) is 9.07. The summed E-state index contributed by atoms with van der Waals surface area (Å²) in [6.07, 6.45) is 4.82. The van der Waals surface area contributed by atoms with E-state index in [1.807, 2.05) is 0 Å². The first-order chi connectivity index (χ1) is 13.5. The van der Waals surface area contributed by atoms with Gasteiger partial charge in [0, 0.05) is 24.5 Å². The van der Waals surface area contributed by atoms with Crippen LogP contribution in [0.15, 0.2) is 42.7 Å². The summed E-state index contributed by atoms with van der Waals surface area (Å²) in [6.45, 7) is 15.6. The zero-order valence-electron chi connectivity index (χ0n) is 18.7. The lowest BCUT2D eigenvalue weighted by atomic mass is 9.89. The van der Waals surface area contributed by atoms with Crippen molar-refractivity contribution >= 4 is 19.7 Å². The largest absolute Gasteiger partial charge is 0.379 e. The summed E-state index contributed by atoms with van der Waals surface area (Å²) < 4.78 is 2.47. The van der Waals surface area contributed by atoms with E-state index >= 15 is 0 Å². The predicted octanol–water partition coefficient (Wildman–Crippen LogP) is 6.53. The molecule has 158 valence electrons. The van der Waals surface area contributed by atoms with Crippen molar-refractivity contribution in [3.05, 3.63) is 64.0 Å². The number of benzene rings is 1. The number of ketones is 1. The lowest BCUT2D eigenvalue weighted by Gasteiger charge is -2.44. The monoisotopic (exact) mass is 414 g/mol. The fraction of sp³-hybridized carbons (Fsp3) is 0.522. The van der Waals surface area contributed by atoms with E-state index in [1.54, 1.807) is 19.1 Å². The number of carbonyl (C=O) groups excluding carboxylic acids is 1. The van der Waals surface area contributed by atoms with Crippen molar-refractivity contribution in [2.75, 3.05) is 0 Å². The highest BCUT2D eigenvalue weighted by Crippen LogP contribution is 2.43. The Morgan fingerprint density at radius 3 is 1.90 bits per heavy atom. The number of aromatic nitrogens is 1. The van der Waals surface area contributed by atoms with Gasteiger partial charge in [0.15, 0.2) is 8.24 Å². The van der Waals surface area contributed by atoms with Crippen molar-refractivity contribution in [1.82, 2.24) is 4.23 Å². The minimum absolute atomic E-state index is 0.0683. The van der Waals surface area contributed by atoms with Crippen LogP contribution in [0.3, 0.4) is 0 Å². The molecule has 1 unspecified atom stereocenters. The molecule has 0 amide bonds. The Kier molecular flexibility index (Phi) is 7.22. The van der Waals surface area contributed by atoms with Gasteiger partial charge in [-0.25, -0.2) is 0 Å². The molecule has 0 aliphatic carbocycles. The molecule has 29 heavy (non-hydrogen) atoms. The van der Waals surface area contributed by atoms with E-state index in [4.69, 9.17) is 0 Å². The van der Waals surface area contributed by atoms with Gasteiger partial charge >= 0.3 is 0 Å². The highest BCUT2D eigenvalue weighted by Gasteiger charge is 2.45. The van der Waals surface area contributed by atoms with Gasteiger partial charge in [-0.05, 0) is 53.1 Å². The van der Waals surface area contributed by atoms with Crippen LogP contribution in [0.1, 0.15) is 71.9 Å². The lowest BCUT2D eigenvalue weighted by molar-refractivity contribution is -0.384. The molecule has 0 spiro atoms. The number of carbonyl (C=O) groups is 1. The molecule has 2 rings (SSSR count). The minimum Gasteiger partial charge on any atom is -0.379 e. The smallest absolute Gasteiger partial charge is 0.269 e. The normalized spacial score (nSPS) is 13.3. The van der Waals surface area contributed by atoms with E-state index in [1.165, 1.54) is 12.1 Å². The van der Waals surface area contributed by atoms with Gasteiger partial charge in [0.1, 0.15) is 5.78 Å². The maximum atomic E-state index is 12.0. The molecule has 0 aliphatic rings. The highest BCUT2D eigenvalue weighted by atomic mass is 28.3. The van der Waals surface area contributed by atoms with Crippen LogP contribution in [0.25, 0.3) is 0 Å².